The van der Waals surface area contributed by atoms with Crippen molar-refractivity contribution in [1.29, 1.82) is 0 Å². The Bertz CT molecular complexity index is 262. The maximum Gasteiger partial charge on any atom is 0.0428 e. The van der Waals surface area contributed by atoms with Gasteiger partial charge in [-0.05, 0) is 18.1 Å². The van der Waals surface area contributed by atoms with Gasteiger partial charge in [-0.1, -0.05) is 44.3 Å². The minimum atomic E-state index is -0.149. The Morgan fingerprint density at radius 3 is 2.07 bits per heavy atom. The fraction of sp³-hybridized carbons (Fsp3) is 0.583. The molecule has 0 aliphatic heterocycles. The molecule has 82 valence electrons. The third-order valence-electron chi connectivity index (χ3n) is 2.42. The Morgan fingerprint density at radius 2 is 1.67 bits per heavy atom. The maximum absolute atomic E-state index is 4.52. The van der Waals surface area contributed by atoms with E-state index in [0.717, 1.165) is 5.92 Å². The van der Waals surface area contributed by atoms with Crippen molar-refractivity contribution in [2.45, 2.75) is 44.2 Å². The molecule has 0 amide bonds. The Labute approximate surface area is 97.2 Å². The zero-order chi connectivity index (χ0) is 11.3. The molecule has 0 saturated carbocycles. The molecule has 0 N–H and O–H groups in total. The predicted octanol–water partition coefficient (Wildman–Crippen LogP) is 3.67. The minimum absolute atomic E-state index is 0.149. The molecule has 0 aliphatic rings. The lowest BCUT2D eigenvalue weighted by molar-refractivity contribution is 0.802. The molecule has 1 nitrogen and oxygen atoms in total. The van der Waals surface area contributed by atoms with Crippen LogP contribution in [-0.4, -0.2) is 22.6 Å². The van der Waals surface area contributed by atoms with Crippen molar-refractivity contribution < 1.29 is 0 Å². The van der Waals surface area contributed by atoms with E-state index in [4.69, 9.17) is 0 Å². The van der Waals surface area contributed by atoms with Crippen LogP contribution in [0.4, 0.5) is 0 Å². The molecule has 3 heteroatoms. The van der Waals surface area contributed by atoms with Gasteiger partial charge in [-0.3, -0.25) is 4.98 Å². The van der Waals surface area contributed by atoms with Gasteiger partial charge in [-0.25, -0.2) is 0 Å². The lowest BCUT2D eigenvalue weighted by Crippen LogP contribution is -2.14. The summed E-state index contributed by atoms with van der Waals surface area (Å²) in [7, 11) is -0.299. The first-order chi connectivity index (χ1) is 7.09. The van der Waals surface area contributed by atoms with Crippen LogP contribution in [0.3, 0.4) is 0 Å². The van der Waals surface area contributed by atoms with Gasteiger partial charge in [0.1, 0.15) is 0 Å². The van der Waals surface area contributed by atoms with E-state index in [1.807, 2.05) is 12.3 Å². The second-order valence-corrected chi connectivity index (χ2v) is 10.4. The highest BCUT2D eigenvalue weighted by Crippen LogP contribution is 2.25. The average molecular weight is 235 g/mol. The first-order valence-corrected chi connectivity index (χ1v) is 11.0. The fourth-order valence-corrected chi connectivity index (χ4v) is 4.85. The molecular formula is C12H21NSi2. The number of hydrogen-bond acceptors (Lipinski definition) is 1. The van der Waals surface area contributed by atoms with Gasteiger partial charge >= 0.3 is 0 Å². The summed E-state index contributed by atoms with van der Waals surface area (Å²) in [5.41, 5.74) is 1.31. The van der Waals surface area contributed by atoms with Gasteiger partial charge in [0.15, 0.2) is 0 Å². The van der Waals surface area contributed by atoms with Crippen molar-refractivity contribution in [3.63, 3.8) is 0 Å². The van der Waals surface area contributed by atoms with Crippen LogP contribution in [0.25, 0.3) is 0 Å². The van der Waals surface area contributed by atoms with Gasteiger partial charge in [0, 0.05) is 29.5 Å². The molecule has 2 radical (unpaired) electrons. The molecule has 0 spiro atoms. The van der Waals surface area contributed by atoms with E-state index in [0.29, 0.717) is 0 Å². The van der Waals surface area contributed by atoms with E-state index in [2.05, 4.69) is 43.3 Å². The number of pyridine rings is 1. The first kappa shape index (κ1) is 12.7. The van der Waals surface area contributed by atoms with Crippen LogP contribution in [0.1, 0.15) is 11.6 Å². The lowest BCUT2D eigenvalue weighted by Gasteiger charge is -2.19. The highest BCUT2D eigenvalue weighted by Gasteiger charge is 2.16. The third-order valence-corrected chi connectivity index (χ3v) is 5.03. The standard InChI is InChI=1S/C12H21NSi2/c1-14(2)9-11(10-15(3)4)12-7-5-6-8-13-12/h5-8,11H,9-10H2,1-4H3. The van der Waals surface area contributed by atoms with Crippen molar-refractivity contribution >= 4 is 17.6 Å². The fourth-order valence-electron chi connectivity index (χ4n) is 1.88. The van der Waals surface area contributed by atoms with Crippen LogP contribution < -0.4 is 0 Å². The molecule has 1 aromatic heterocycles. The van der Waals surface area contributed by atoms with Gasteiger partial charge < -0.3 is 0 Å². The van der Waals surface area contributed by atoms with Gasteiger partial charge in [-0.2, -0.15) is 0 Å². The number of rotatable bonds is 5. The topological polar surface area (TPSA) is 12.9 Å². The quantitative estimate of drug-likeness (QED) is 0.710. The lowest BCUT2D eigenvalue weighted by atomic mass is 10.1. The largest absolute Gasteiger partial charge is 0.261 e. The summed E-state index contributed by atoms with van der Waals surface area (Å²) in [4.78, 5) is 4.52. The summed E-state index contributed by atoms with van der Waals surface area (Å²) in [6, 6.07) is 9.06. The highest BCUT2D eigenvalue weighted by molar-refractivity contribution is 6.57. The van der Waals surface area contributed by atoms with Gasteiger partial charge in [0.25, 0.3) is 0 Å². The normalized spacial score (nSPS) is 11.7. The molecule has 1 rings (SSSR count). The molecule has 1 aromatic rings. The Morgan fingerprint density at radius 1 is 1.07 bits per heavy atom. The second kappa shape index (κ2) is 6.23. The van der Waals surface area contributed by atoms with Crippen molar-refractivity contribution in [2.75, 3.05) is 0 Å². The summed E-state index contributed by atoms with van der Waals surface area (Å²) in [5, 5.41) is 0. The molecule has 0 aliphatic carbocycles. The zero-order valence-corrected chi connectivity index (χ0v) is 12.2. The van der Waals surface area contributed by atoms with Crippen LogP contribution in [0, 0.1) is 0 Å². The van der Waals surface area contributed by atoms with Crippen LogP contribution >= 0.6 is 0 Å². The van der Waals surface area contributed by atoms with Crippen molar-refractivity contribution in [2.24, 2.45) is 0 Å². The summed E-state index contributed by atoms with van der Waals surface area (Å²) < 4.78 is 0. The predicted molar refractivity (Wildman–Crippen MR) is 71.6 cm³/mol. The zero-order valence-electron chi connectivity index (χ0n) is 10.2. The maximum atomic E-state index is 4.52. The Hall–Kier alpha value is -0.416. The SMILES string of the molecule is C[Si](C)CC(C[Si](C)C)c1ccccn1. The summed E-state index contributed by atoms with van der Waals surface area (Å²) >= 11 is 0. The van der Waals surface area contributed by atoms with Crippen LogP contribution in [0.2, 0.25) is 38.3 Å². The summed E-state index contributed by atoms with van der Waals surface area (Å²) in [6.45, 7) is 9.60. The molecule has 0 saturated heterocycles. The number of aromatic nitrogens is 1. The smallest absolute Gasteiger partial charge is 0.0428 e. The van der Waals surface area contributed by atoms with Crippen LogP contribution in [0.15, 0.2) is 24.4 Å². The average Bonchev–Trinajstić information content (AvgIpc) is 2.17. The van der Waals surface area contributed by atoms with E-state index in [9.17, 15) is 0 Å². The van der Waals surface area contributed by atoms with E-state index in [-0.39, 0.29) is 17.6 Å². The van der Waals surface area contributed by atoms with E-state index in [1.165, 1.54) is 17.8 Å². The van der Waals surface area contributed by atoms with Crippen LogP contribution in [-0.2, 0) is 0 Å². The van der Waals surface area contributed by atoms with E-state index in [1.54, 1.807) is 0 Å². The molecule has 0 aromatic carbocycles. The van der Waals surface area contributed by atoms with Crippen molar-refractivity contribution in [3.05, 3.63) is 30.1 Å². The highest BCUT2D eigenvalue weighted by atomic mass is 28.3. The number of nitrogens with zero attached hydrogens (tertiary/aromatic N) is 1. The first-order valence-electron chi connectivity index (χ1n) is 5.58. The monoisotopic (exact) mass is 235 g/mol. The van der Waals surface area contributed by atoms with Gasteiger partial charge in [0.2, 0.25) is 0 Å². The summed E-state index contributed by atoms with van der Waals surface area (Å²) in [6.07, 6.45) is 1.93. The minimum Gasteiger partial charge on any atom is -0.261 e. The molecule has 0 bridgehead atoms. The third kappa shape index (κ3) is 4.75. The van der Waals surface area contributed by atoms with Gasteiger partial charge in [0.05, 0.1) is 0 Å². The molecule has 1 heterocycles. The van der Waals surface area contributed by atoms with Crippen molar-refractivity contribution in [3.8, 4) is 0 Å². The van der Waals surface area contributed by atoms with E-state index < -0.39 is 0 Å². The molecule has 0 atom stereocenters. The molecule has 0 unspecified atom stereocenters. The summed E-state index contributed by atoms with van der Waals surface area (Å²) in [5.74, 6) is 0.721. The second-order valence-electron chi connectivity index (χ2n) is 4.77. The van der Waals surface area contributed by atoms with Crippen molar-refractivity contribution in [1.82, 2.24) is 4.98 Å². The van der Waals surface area contributed by atoms with Crippen LogP contribution in [0.5, 0.6) is 0 Å². The molecular weight excluding hydrogens is 214 g/mol. The Balaban J connectivity index is 2.72. The number of hydrogen-bond donors (Lipinski definition) is 0. The molecule has 15 heavy (non-hydrogen) atoms. The molecule has 0 fully saturated rings. The van der Waals surface area contributed by atoms with Gasteiger partial charge in [-0.15, -0.1) is 0 Å². The Kier molecular flexibility index (Phi) is 5.25. The van der Waals surface area contributed by atoms with E-state index >= 15 is 0 Å².